The van der Waals surface area contributed by atoms with Crippen molar-refractivity contribution in [3.63, 3.8) is 0 Å². The van der Waals surface area contributed by atoms with Crippen LogP contribution >= 0.6 is 23.2 Å². The van der Waals surface area contributed by atoms with E-state index in [1.165, 1.54) is 7.11 Å². The number of ether oxygens (including phenoxy) is 2. The number of halogens is 2. The van der Waals surface area contributed by atoms with Crippen LogP contribution in [0.2, 0.25) is 10.0 Å². The Bertz CT molecular complexity index is 918. The first kappa shape index (κ1) is 16.7. The molecule has 1 heterocycles. The Morgan fingerprint density at radius 3 is 2.62 bits per heavy atom. The lowest BCUT2D eigenvalue weighted by Gasteiger charge is -2.11. The highest BCUT2D eigenvalue weighted by Crippen LogP contribution is 2.30. The number of nitrogens with zero attached hydrogens (tertiary/aromatic N) is 1. The summed E-state index contributed by atoms with van der Waals surface area (Å²) in [5, 5.41) is 1.78. The van der Waals surface area contributed by atoms with Crippen molar-refractivity contribution in [2.24, 2.45) is 7.05 Å². The number of carbonyl (C=O) groups excluding carboxylic acids is 1. The van der Waals surface area contributed by atoms with Gasteiger partial charge in [-0.15, -0.1) is 0 Å². The summed E-state index contributed by atoms with van der Waals surface area (Å²) in [6.07, 6.45) is 0. The first-order chi connectivity index (χ1) is 11.5. The molecular weight excluding hydrogens is 349 g/mol. The quantitative estimate of drug-likeness (QED) is 0.622. The van der Waals surface area contributed by atoms with Gasteiger partial charge in [0, 0.05) is 23.0 Å². The number of aromatic nitrogens is 1. The molecule has 3 aromatic rings. The topological polar surface area (TPSA) is 40.5 Å². The fourth-order valence-electron chi connectivity index (χ4n) is 2.68. The van der Waals surface area contributed by atoms with Crippen molar-refractivity contribution in [2.75, 3.05) is 7.11 Å². The van der Waals surface area contributed by atoms with Crippen molar-refractivity contribution in [1.29, 1.82) is 0 Å². The zero-order valence-corrected chi connectivity index (χ0v) is 14.7. The van der Waals surface area contributed by atoms with E-state index in [0.29, 0.717) is 27.1 Å². The molecule has 2 aromatic carbocycles. The van der Waals surface area contributed by atoms with Crippen LogP contribution in [-0.4, -0.2) is 17.6 Å². The summed E-state index contributed by atoms with van der Waals surface area (Å²) in [5.74, 6) is 0.106. The number of aryl methyl sites for hydroxylation is 1. The normalized spacial score (nSPS) is 10.8. The summed E-state index contributed by atoms with van der Waals surface area (Å²) in [7, 11) is 3.25. The highest BCUT2D eigenvalue weighted by molar-refractivity contribution is 6.35. The Balaban J connectivity index is 2.02. The fraction of sp³-hybridized carbons (Fsp3) is 0.167. The second-order valence-corrected chi connectivity index (χ2v) is 6.10. The summed E-state index contributed by atoms with van der Waals surface area (Å²) in [5.41, 5.74) is 2.15. The third-order valence-electron chi connectivity index (χ3n) is 3.88. The molecule has 6 heteroatoms. The molecule has 0 radical (unpaired) electrons. The number of benzene rings is 2. The van der Waals surface area contributed by atoms with Crippen molar-refractivity contribution >= 4 is 40.1 Å². The highest BCUT2D eigenvalue weighted by atomic mass is 35.5. The van der Waals surface area contributed by atoms with E-state index in [-0.39, 0.29) is 6.61 Å². The van der Waals surface area contributed by atoms with Gasteiger partial charge in [-0.1, -0.05) is 41.4 Å². The van der Waals surface area contributed by atoms with E-state index in [2.05, 4.69) is 0 Å². The van der Waals surface area contributed by atoms with Gasteiger partial charge < -0.3 is 14.0 Å². The second-order valence-electron chi connectivity index (χ2n) is 5.25. The number of carbonyl (C=O) groups is 1. The Hall–Kier alpha value is -2.17. The summed E-state index contributed by atoms with van der Waals surface area (Å²) in [6.45, 7) is 0.178. The lowest BCUT2D eigenvalue weighted by molar-refractivity contribution is 0.0599. The van der Waals surface area contributed by atoms with Gasteiger partial charge in [0.25, 0.3) is 0 Å². The number of hydrogen-bond acceptors (Lipinski definition) is 3. The fourth-order valence-corrected chi connectivity index (χ4v) is 3.15. The third-order valence-corrected chi connectivity index (χ3v) is 4.41. The van der Waals surface area contributed by atoms with Crippen LogP contribution in [0, 0.1) is 0 Å². The lowest BCUT2D eigenvalue weighted by Crippen LogP contribution is -2.10. The van der Waals surface area contributed by atoms with Crippen LogP contribution in [0.25, 0.3) is 10.9 Å². The van der Waals surface area contributed by atoms with E-state index in [9.17, 15) is 4.79 Å². The molecule has 0 fully saturated rings. The summed E-state index contributed by atoms with van der Waals surface area (Å²) < 4.78 is 12.7. The van der Waals surface area contributed by atoms with Gasteiger partial charge in [-0.25, -0.2) is 4.79 Å². The molecule has 1 aromatic heterocycles. The van der Waals surface area contributed by atoms with Crippen molar-refractivity contribution in [3.05, 3.63) is 63.8 Å². The molecule has 0 saturated heterocycles. The molecule has 0 aliphatic carbocycles. The third kappa shape index (κ3) is 2.95. The average Bonchev–Trinajstić information content (AvgIpc) is 2.86. The molecule has 0 spiro atoms. The first-order valence-corrected chi connectivity index (χ1v) is 8.01. The van der Waals surface area contributed by atoms with Crippen LogP contribution in [0.15, 0.2) is 42.5 Å². The first-order valence-electron chi connectivity index (χ1n) is 7.25. The predicted molar refractivity (Wildman–Crippen MR) is 95.1 cm³/mol. The molecule has 0 aliphatic heterocycles. The van der Waals surface area contributed by atoms with E-state index in [4.69, 9.17) is 32.7 Å². The largest absolute Gasteiger partial charge is 0.486 e. The molecule has 3 rings (SSSR count). The summed E-state index contributed by atoms with van der Waals surface area (Å²) in [6, 6.07) is 12.7. The molecule has 0 saturated carbocycles. The number of para-hydroxylation sites is 1. The maximum Gasteiger partial charge on any atom is 0.340 e. The molecule has 0 atom stereocenters. The van der Waals surface area contributed by atoms with Crippen LogP contribution in [-0.2, 0) is 18.4 Å². The van der Waals surface area contributed by atoms with Gasteiger partial charge in [0.05, 0.1) is 23.4 Å². The molecule has 0 unspecified atom stereocenters. The maximum atomic E-state index is 12.2. The Kier molecular flexibility index (Phi) is 4.69. The summed E-state index contributed by atoms with van der Waals surface area (Å²) >= 11 is 12.0. The number of esters is 1. The summed E-state index contributed by atoms with van der Waals surface area (Å²) in [4.78, 5) is 12.2. The average molecular weight is 364 g/mol. The predicted octanol–water partition coefficient (Wildman–Crippen LogP) is 4.85. The van der Waals surface area contributed by atoms with Gasteiger partial charge >= 0.3 is 5.97 Å². The minimum atomic E-state index is -0.396. The Morgan fingerprint density at radius 2 is 1.92 bits per heavy atom. The monoisotopic (exact) mass is 363 g/mol. The Morgan fingerprint density at radius 1 is 1.17 bits per heavy atom. The zero-order valence-electron chi connectivity index (χ0n) is 13.2. The molecule has 4 nitrogen and oxygen atoms in total. The highest BCUT2D eigenvalue weighted by Gasteiger charge is 2.22. The number of hydrogen-bond donors (Lipinski definition) is 0. The standard InChI is InChI=1S/C18H15Cl2NO3/c1-21-14-6-4-3-5-12(14)17(18(22)23-2)15(21)10-24-16-8-7-11(19)9-13(16)20/h3-9H,10H2,1-2H3. The van der Waals surface area contributed by atoms with Gasteiger partial charge in [0.15, 0.2) is 0 Å². The molecule has 0 amide bonds. The zero-order chi connectivity index (χ0) is 17.3. The SMILES string of the molecule is COC(=O)c1c(COc2ccc(Cl)cc2Cl)n(C)c2ccccc12. The second kappa shape index (κ2) is 6.75. The van der Waals surface area contributed by atoms with Crippen LogP contribution < -0.4 is 4.74 Å². The number of rotatable bonds is 4. The van der Waals surface area contributed by atoms with Gasteiger partial charge in [-0.05, 0) is 24.3 Å². The molecule has 24 heavy (non-hydrogen) atoms. The van der Waals surface area contributed by atoms with Gasteiger partial charge in [-0.3, -0.25) is 0 Å². The van der Waals surface area contributed by atoms with Crippen LogP contribution in [0.4, 0.5) is 0 Å². The Labute approximate surface area is 149 Å². The van der Waals surface area contributed by atoms with E-state index < -0.39 is 5.97 Å². The van der Waals surface area contributed by atoms with Gasteiger partial charge in [0.1, 0.15) is 12.4 Å². The molecule has 0 N–H and O–H groups in total. The van der Waals surface area contributed by atoms with E-state index in [0.717, 1.165) is 10.9 Å². The van der Waals surface area contributed by atoms with Crippen molar-refractivity contribution in [1.82, 2.24) is 4.57 Å². The van der Waals surface area contributed by atoms with Crippen LogP contribution in [0.1, 0.15) is 16.1 Å². The minimum absolute atomic E-state index is 0.178. The smallest absolute Gasteiger partial charge is 0.340 e. The van der Waals surface area contributed by atoms with Crippen LogP contribution in [0.5, 0.6) is 5.75 Å². The van der Waals surface area contributed by atoms with E-state index in [1.54, 1.807) is 18.2 Å². The number of fused-ring (bicyclic) bond motifs is 1. The number of methoxy groups -OCH3 is 1. The maximum absolute atomic E-state index is 12.2. The molecule has 0 bridgehead atoms. The van der Waals surface area contributed by atoms with Crippen molar-refractivity contribution < 1.29 is 14.3 Å². The van der Waals surface area contributed by atoms with Crippen molar-refractivity contribution in [2.45, 2.75) is 6.61 Å². The van der Waals surface area contributed by atoms with E-state index >= 15 is 0 Å². The van der Waals surface area contributed by atoms with E-state index in [1.807, 2.05) is 35.9 Å². The molecular formula is C18H15Cl2NO3. The van der Waals surface area contributed by atoms with Crippen molar-refractivity contribution in [3.8, 4) is 5.75 Å². The van der Waals surface area contributed by atoms with Crippen LogP contribution in [0.3, 0.4) is 0 Å². The molecule has 0 aliphatic rings. The lowest BCUT2D eigenvalue weighted by atomic mass is 10.1. The van der Waals surface area contributed by atoms with Gasteiger partial charge in [0.2, 0.25) is 0 Å². The van der Waals surface area contributed by atoms with Gasteiger partial charge in [-0.2, -0.15) is 0 Å². The minimum Gasteiger partial charge on any atom is -0.486 e. The molecule has 124 valence electrons.